The van der Waals surface area contributed by atoms with E-state index in [9.17, 15) is 18.0 Å². The van der Waals surface area contributed by atoms with Crippen molar-refractivity contribution in [2.45, 2.75) is 57.3 Å². The molecular formula is C25H27ClF3N5O2. The normalized spacial score (nSPS) is 19.1. The van der Waals surface area contributed by atoms with E-state index in [1.54, 1.807) is 0 Å². The molecule has 0 radical (unpaired) electrons. The van der Waals surface area contributed by atoms with Crippen LogP contribution in [-0.4, -0.2) is 63.0 Å². The second-order valence-corrected chi connectivity index (χ2v) is 10.4. The number of hydrogen-bond acceptors (Lipinski definition) is 5. The molecule has 11 heteroatoms. The highest BCUT2D eigenvalue weighted by Crippen LogP contribution is 2.46. The molecule has 1 aliphatic carbocycles. The first-order valence-electron chi connectivity index (χ1n) is 11.9. The van der Waals surface area contributed by atoms with Crippen LogP contribution in [0.1, 0.15) is 45.1 Å². The first-order chi connectivity index (χ1) is 17.0. The highest BCUT2D eigenvalue weighted by atomic mass is 35.5. The van der Waals surface area contributed by atoms with Crippen molar-refractivity contribution in [1.29, 1.82) is 0 Å². The molecule has 2 fully saturated rings. The van der Waals surface area contributed by atoms with Gasteiger partial charge in [0.1, 0.15) is 17.8 Å². The van der Waals surface area contributed by atoms with Gasteiger partial charge in [-0.25, -0.2) is 14.8 Å². The third-order valence-electron chi connectivity index (χ3n) is 6.90. The lowest BCUT2D eigenvalue weighted by Crippen LogP contribution is -2.56. The second-order valence-electron chi connectivity index (χ2n) is 9.97. The largest absolute Gasteiger partial charge is 0.434 e. The van der Waals surface area contributed by atoms with Crippen molar-refractivity contribution in [2.75, 3.05) is 24.5 Å². The topological polar surface area (TPSA) is 63.5 Å². The highest BCUT2D eigenvalue weighted by Gasteiger charge is 2.51. The molecule has 2 aromatic heterocycles. The van der Waals surface area contributed by atoms with Gasteiger partial charge in [-0.15, -0.1) is 0 Å². The van der Waals surface area contributed by atoms with Gasteiger partial charge in [-0.1, -0.05) is 11.6 Å². The number of rotatable bonds is 4. The molecular weight excluding hydrogens is 495 g/mol. The molecule has 5 rings (SSSR count). The molecule has 1 saturated carbocycles. The number of aromatic nitrogens is 3. The molecule has 36 heavy (non-hydrogen) atoms. The number of ether oxygens (including phenoxy) is 1. The van der Waals surface area contributed by atoms with Crippen LogP contribution in [0.15, 0.2) is 36.8 Å². The summed E-state index contributed by atoms with van der Waals surface area (Å²) in [5.41, 5.74) is 0.336. The Kier molecular flexibility index (Phi) is 6.05. The van der Waals surface area contributed by atoms with Gasteiger partial charge < -0.3 is 19.1 Å². The van der Waals surface area contributed by atoms with Crippen LogP contribution in [0, 0.1) is 0 Å². The Labute approximate surface area is 211 Å². The first-order valence-corrected chi connectivity index (χ1v) is 12.3. The summed E-state index contributed by atoms with van der Waals surface area (Å²) in [5, 5.41) is 1.62. The van der Waals surface area contributed by atoms with E-state index in [4.69, 9.17) is 16.3 Å². The Morgan fingerprint density at radius 2 is 1.81 bits per heavy atom. The minimum atomic E-state index is -4.65. The van der Waals surface area contributed by atoms with Crippen molar-refractivity contribution < 1.29 is 22.7 Å². The van der Waals surface area contributed by atoms with Gasteiger partial charge >= 0.3 is 12.3 Å². The molecule has 2 aliphatic rings. The second kappa shape index (κ2) is 8.83. The van der Waals surface area contributed by atoms with E-state index in [0.717, 1.165) is 49.2 Å². The van der Waals surface area contributed by atoms with Crippen molar-refractivity contribution in [3.8, 4) is 5.69 Å². The van der Waals surface area contributed by atoms with Crippen LogP contribution in [0.4, 0.5) is 23.8 Å². The molecule has 3 heterocycles. The lowest BCUT2D eigenvalue weighted by atomic mass is 10.1. The molecule has 0 unspecified atom stereocenters. The maximum atomic E-state index is 13.2. The van der Waals surface area contributed by atoms with Gasteiger partial charge in [0.2, 0.25) is 5.60 Å². The molecule has 0 N–H and O–H groups in total. The van der Waals surface area contributed by atoms with E-state index >= 15 is 0 Å². The van der Waals surface area contributed by atoms with Gasteiger partial charge in [0.25, 0.3) is 0 Å². The van der Waals surface area contributed by atoms with Gasteiger partial charge in [-0.3, -0.25) is 0 Å². The van der Waals surface area contributed by atoms with Crippen molar-refractivity contribution >= 4 is 34.5 Å². The Hall–Kier alpha value is -3.01. The minimum absolute atomic E-state index is 0.190. The Bertz CT molecular complexity index is 1290. The molecule has 1 aromatic carbocycles. The summed E-state index contributed by atoms with van der Waals surface area (Å²) in [4.78, 5) is 25.2. The third kappa shape index (κ3) is 4.47. The number of fused-ring (bicyclic) bond motifs is 1. The highest BCUT2D eigenvalue weighted by molar-refractivity contribution is 6.30. The SMILES string of the molecule is C[C@@H]1CN(C(=O)OC(C)(C)C(F)(F)F)CCN1c1ncnc2c1c(C1CC1)cn2-c1ccc(Cl)cc1. The zero-order chi connectivity index (χ0) is 25.8. The monoisotopic (exact) mass is 521 g/mol. The Morgan fingerprint density at radius 3 is 2.42 bits per heavy atom. The Morgan fingerprint density at radius 1 is 1.11 bits per heavy atom. The number of hydrogen-bond donors (Lipinski definition) is 0. The molecule has 0 spiro atoms. The zero-order valence-corrected chi connectivity index (χ0v) is 21.0. The maximum absolute atomic E-state index is 13.2. The number of nitrogens with zero attached hydrogens (tertiary/aromatic N) is 5. The first kappa shape index (κ1) is 24.7. The van der Waals surface area contributed by atoms with Crippen LogP contribution in [-0.2, 0) is 4.74 Å². The summed E-state index contributed by atoms with van der Waals surface area (Å²) < 4.78 is 46.5. The number of alkyl halides is 3. The van der Waals surface area contributed by atoms with E-state index in [2.05, 4.69) is 21.1 Å². The van der Waals surface area contributed by atoms with Crippen molar-refractivity contribution in [2.24, 2.45) is 0 Å². The molecule has 1 saturated heterocycles. The van der Waals surface area contributed by atoms with E-state index in [1.807, 2.05) is 35.8 Å². The van der Waals surface area contributed by atoms with Gasteiger partial charge in [0.15, 0.2) is 0 Å². The average Bonchev–Trinajstić information content (AvgIpc) is 3.58. The molecule has 0 bridgehead atoms. The van der Waals surface area contributed by atoms with Crippen molar-refractivity contribution in [3.05, 3.63) is 47.4 Å². The fourth-order valence-electron chi connectivity index (χ4n) is 4.57. The molecule has 1 amide bonds. The molecule has 1 atom stereocenters. The van der Waals surface area contributed by atoms with Crippen LogP contribution in [0.5, 0.6) is 0 Å². The van der Waals surface area contributed by atoms with Crippen LogP contribution in [0.25, 0.3) is 16.7 Å². The van der Waals surface area contributed by atoms with Crippen LogP contribution >= 0.6 is 11.6 Å². The number of anilines is 1. The molecule has 1 aliphatic heterocycles. The number of amides is 1. The van der Waals surface area contributed by atoms with Crippen molar-refractivity contribution in [1.82, 2.24) is 19.4 Å². The van der Waals surface area contributed by atoms with E-state index in [0.29, 0.717) is 17.5 Å². The van der Waals surface area contributed by atoms with Crippen molar-refractivity contribution in [3.63, 3.8) is 0 Å². The smallest absolute Gasteiger partial charge is 0.427 e. The predicted molar refractivity (Wildman–Crippen MR) is 131 cm³/mol. The predicted octanol–water partition coefficient (Wildman–Crippen LogP) is 5.94. The number of benzene rings is 1. The lowest BCUT2D eigenvalue weighted by molar-refractivity contribution is -0.246. The number of piperazine rings is 1. The third-order valence-corrected chi connectivity index (χ3v) is 7.15. The Balaban J connectivity index is 1.44. The maximum Gasteiger partial charge on any atom is 0.427 e. The van der Waals surface area contributed by atoms with E-state index in [-0.39, 0.29) is 19.1 Å². The lowest BCUT2D eigenvalue weighted by Gasteiger charge is -2.41. The van der Waals surface area contributed by atoms with E-state index in [1.165, 1.54) is 16.8 Å². The standard InChI is InChI=1S/C25H27ClF3N5O2/c1-15-12-32(23(35)36-24(2,3)25(27,28)29)10-11-33(15)21-20-19(16-4-5-16)13-34(22(20)31-14-30-21)18-8-6-17(26)7-9-18/h6-9,13-16H,4-5,10-12H2,1-3H3/t15-/m1/s1. The number of carbonyl (C=O) groups excluding carboxylic acids is 1. The summed E-state index contributed by atoms with van der Waals surface area (Å²) >= 11 is 6.08. The van der Waals surface area contributed by atoms with Gasteiger partial charge in [-0.2, -0.15) is 13.2 Å². The van der Waals surface area contributed by atoms with Gasteiger partial charge in [-0.05, 0) is 69.4 Å². The molecule has 3 aromatic rings. The summed E-state index contributed by atoms with van der Waals surface area (Å²) in [6, 6.07) is 7.36. The number of carbonyl (C=O) groups is 1. The molecule has 7 nitrogen and oxygen atoms in total. The fourth-order valence-corrected chi connectivity index (χ4v) is 4.70. The zero-order valence-electron chi connectivity index (χ0n) is 20.2. The minimum Gasteiger partial charge on any atom is -0.434 e. The van der Waals surface area contributed by atoms with Crippen LogP contribution < -0.4 is 4.90 Å². The molecule has 192 valence electrons. The van der Waals surface area contributed by atoms with Crippen LogP contribution in [0.2, 0.25) is 5.02 Å². The summed E-state index contributed by atoms with van der Waals surface area (Å²) in [6.45, 7) is 4.48. The fraction of sp³-hybridized carbons (Fsp3) is 0.480. The average molecular weight is 522 g/mol. The summed E-state index contributed by atoms with van der Waals surface area (Å²) in [7, 11) is 0. The summed E-state index contributed by atoms with van der Waals surface area (Å²) in [5.74, 6) is 1.20. The van der Waals surface area contributed by atoms with Gasteiger partial charge in [0.05, 0.1) is 5.39 Å². The van der Waals surface area contributed by atoms with Crippen LogP contribution in [0.3, 0.4) is 0 Å². The van der Waals surface area contributed by atoms with E-state index < -0.39 is 17.9 Å². The van der Waals surface area contributed by atoms with Gasteiger partial charge in [0, 0.05) is 42.6 Å². The number of halogens is 4. The quantitative estimate of drug-likeness (QED) is 0.425. The summed E-state index contributed by atoms with van der Waals surface area (Å²) in [6.07, 6.45) is 0.209.